The smallest absolute Gasteiger partial charge is 0.240 e. The molecule has 0 aliphatic heterocycles. The topological polar surface area (TPSA) is 72.5 Å². The van der Waals surface area contributed by atoms with E-state index in [0.717, 1.165) is 0 Å². The lowest BCUT2D eigenvalue weighted by atomic mass is 10.2. The van der Waals surface area contributed by atoms with Crippen LogP contribution in [0.4, 0.5) is 4.39 Å². The minimum Gasteiger partial charge on any atom is -0.457 e. The normalized spacial score (nSPS) is 11.2. The quantitative estimate of drug-likeness (QED) is 0.601. The molecule has 0 atom stereocenters. The summed E-state index contributed by atoms with van der Waals surface area (Å²) in [6, 6.07) is 18.4. The molecule has 0 aliphatic carbocycles. The number of rotatable bonds is 7. The number of sulfonamides is 1. The number of ether oxygens (including phenoxy) is 1. The highest BCUT2D eigenvalue weighted by molar-refractivity contribution is 7.89. The molecule has 3 aromatic rings. The van der Waals surface area contributed by atoms with Gasteiger partial charge in [0.1, 0.15) is 17.3 Å². The van der Waals surface area contributed by atoms with E-state index in [2.05, 4.69) is 4.72 Å². The predicted octanol–water partition coefficient (Wildman–Crippen LogP) is 4.30. The number of nitrogens with one attached hydrogen (secondary N) is 1. The van der Waals surface area contributed by atoms with Gasteiger partial charge in [0.15, 0.2) is 5.78 Å². The van der Waals surface area contributed by atoms with Gasteiger partial charge in [0.05, 0.1) is 4.90 Å². The summed E-state index contributed by atoms with van der Waals surface area (Å²) >= 11 is 0. The third kappa shape index (κ3) is 5.03. The molecular weight excluding hydrogens is 381 g/mol. The fourth-order valence-corrected chi connectivity index (χ4v) is 3.56. The zero-order chi connectivity index (χ0) is 20.1. The van der Waals surface area contributed by atoms with Crippen LogP contribution in [0.25, 0.3) is 0 Å². The third-order valence-electron chi connectivity index (χ3n) is 3.96. The molecule has 1 N–H and O–H groups in total. The number of hydrogen-bond acceptors (Lipinski definition) is 4. The van der Waals surface area contributed by atoms with E-state index in [4.69, 9.17) is 4.74 Å². The number of benzene rings is 3. The summed E-state index contributed by atoms with van der Waals surface area (Å²) < 4.78 is 46.1. The summed E-state index contributed by atoms with van der Waals surface area (Å²) in [6.45, 7) is 1.43. The standard InChI is InChI=1S/C21H18FNO4S/c1-15(24)17-5-3-7-21(13-17)28(25,26)23-14-16-4-2-6-20(12-16)27-19-10-8-18(22)9-11-19/h2-13,23H,14H2,1H3. The number of carbonyl (C=O) groups excluding carboxylic acids is 1. The molecule has 0 aliphatic rings. The van der Waals surface area contributed by atoms with Crippen molar-refractivity contribution < 1.29 is 22.3 Å². The lowest BCUT2D eigenvalue weighted by Crippen LogP contribution is -2.23. The van der Waals surface area contributed by atoms with E-state index in [9.17, 15) is 17.6 Å². The fraction of sp³-hybridized carbons (Fsp3) is 0.0952. The Morgan fingerprint density at radius 2 is 1.68 bits per heavy atom. The first-order valence-corrected chi connectivity index (χ1v) is 9.95. The van der Waals surface area contributed by atoms with Crippen molar-refractivity contribution in [2.45, 2.75) is 18.4 Å². The van der Waals surface area contributed by atoms with Crippen molar-refractivity contribution in [2.75, 3.05) is 0 Å². The molecule has 0 fully saturated rings. The van der Waals surface area contributed by atoms with Gasteiger partial charge < -0.3 is 4.74 Å². The lowest BCUT2D eigenvalue weighted by molar-refractivity contribution is 0.101. The van der Waals surface area contributed by atoms with Gasteiger partial charge in [0.25, 0.3) is 0 Å². The summed E-state index contributed by atoms with van der Waals surface area (Å²) in [5.41, 5.74) is 1.02. The van der Waals surface area contributed by atoms with Crippen LogP contribution in [0, 0.1) is 5.82 Å². The first-order chi connectivity index (χ1) is 13.3. The van der Waals surface area contributed by atoms with Crippen molar-refractivity contribution in [1.82, 2.24) is 4.72 Å². The molecule has 144 valence electrons. The average molecular weight is 399 g/mol. The molecule has 0 bridgehead atoms. The molecule has 0 heterocycles. The fourth-order valence-electron chi connectivity index (χ4n) is 2.50. The molecule has 0 spiro atoms. The molecule has 7 heteroatoms. The van der Waals surface area contributed by atoms with Gasteiger partial charge >= 0.3 is 0 Å². The SMILES string of the molecule is CC(=O)c1cccc(S(=O)(=O)NCc2cccc(Oc3ccc(F)cc3)c2)c1. The summed E-state index contributed by atoms with van der Waals surface area (Å²) in [6.07, 6.45) is 0. The molecule has 28 heavy (non-hydrogen) atoms. The Morgan fingerprint density at radius 3 is 2.39 bits per heavy atom. The Balaban J connectivity index is 1.71. The third-order valence-corrected chi connectivity index (χ3v) is 5.36. The first-order valence-electron chi connectivity index (χ1n) is 8.46. The highest BCUT2D eigenvalue weighted by atomic mass is 32.2. The number of carbonyl (C=O) groups is 1. The van der Waals surface area contributed by atoms with Gasteiger partial charge in [-0.25, -0.2) is 17.5 Å². The Morgan fingerprint density at radius 1 is 0.964 bits per heavy atom. The van der Waals surface area contributed by atoms with Crippen LogP contribution in [0.5, 0.6) is 11.5 Å². The highest BCUT2D eigenvalue weighted by Gasteiger charge is 2.15. The van der Waals surface area contributed by atoms with Crippen molar-refractivity contribution >= 4 is 15.8 Å². The van der Waals surface area contributed by atoms with E-state index in [1.54, 1.807) is 30.3 Å². The van der Waals surface area contributed by atoms with Gasteiger partial charge in [0.2, 0.25) is 10.0 Å². The van der Waals surface area contributed by atoms with E-state index in [0.29, 0.717) is 22.6 Å². The maximum Gasteiger partial charge on any atom is 0.240 e. The maximum atomic E-state index is 13.0. The summed E-state index contributed by atoms with van der Waals surface area (Å²) in [5.74, 6) is 0.411. The zero-order valence-corrected chi connectivity index (χ0v) is 15.9. The van der Waals surface area contributed by atoms with Gasteiger partial charge in [-0.15, -0.1) is 0 Å². The number of Topliss-reactive ketones (excluding diaryl/α,β-unsaturated/α-hetero) is 1. The average Bonchev–Trinajstić information content (AvgIpc) is 2.69. The number of hydrogen-bond donors (Lipinski definition) is 1. The number of halogens is 1. The molecule has 0 aromatic heterocycles. The zero-order valence-electron chi connectivity index (χ0n) is 15.1. The Labute approximate surface area is 162 Å². The van der Waals surface area contributed by atoms with E-state index in [-0.39, 0.29) is 23.0 Å². The molecule has 0 saturated carbocycles. The van der Waals surface area contributed by atoms with Gasteiger partial charge in [-0.2, -0.15) is 0 Å². The van der Waals surface area contributed by atoms with Crippen molar-refractivity contribution in [3.05, 3.63) is 89.7 Å². The summed E-state index contributed by atoms with van der Waals surface area (Å²) in [5, 5.41) is 0. The minimum absolute atomic E-state index is 0.0268. The largest absolute Gasteiger partial charge is 0.457 e. The van der Waals surface area contributed by atoms with Crippen LogP contribution in [-0.4, -0.2) is 14.2 Å². The van der Waals surface area contributed by atoms with Gasteiger partial charge in [-0.05, 0) is 61.0 Å². The number of ketones is 1. The Bertz CT molecular complexity index is 1100. The molecule has 3 aromatic carbocycles. The highest BCUT2D eigenvalue weighted by Crippen LogP contribution is 2.22. The van der Waals surface area contributed by atoms with Crippen LogP contribution in [0.2, 0.25) is 0 Å². The van der Waals surface area contributed by atoms with Crippen LogP contribution >= 0.6 is 0 Å². The molecule has 0 amide bonds. The van der Waals surface area contributed by atoms with Crippen molar-refractivity contribution in [2.24, 2.45) is 0 Å². The van der Waals surface area contributed by atoms with Crippen LogP contribution < -0.4 is 9.46 Å². The first kappa shape index (κ1) is 19.7. The molecule has 5 nitrogen and oxygen atoms in total. The Kier molecular flexibility index (Phi) is 5.87. The van der Waals surface area contributed by atoms with Crippen LogP contribution in [0.3, 0.4) is 0 Å². The van der Waals surface area contributed by atoms with Crippen molar-refractivity contribution in [3.8, 4) is 11.5 Å². The second-order valence-electron chi connectivity index (χ2n) is 6.11. The van der Waals surface area contributed by atoms with Gasteiger partial charge in [-0.1, -0.05) is 24.3 Å². The molecule has 3 rings (SSSR count). The van der Waals surface area contributed by atoms with E-state index in [1.807, 2.05) is 0 Å². The second kappa shape index (κ2) is 8.33. The van der Waals surface area contributed by atoms with Gasteiger partial charge in [-0.3, -0.25) is 4.79 Å². The van der Waals surface area contributed by atoms with E-state index >= 15 is 0 Å². The molecular formula is C21H18FNO4S. The van der Waals surface area contributed by atoms with E-state index in [1.165, 1.54) is 49.4 Å². The van der Waals surface area contributed by atoms with Crippen molar-refractivity contribution in [1.29, 1.82) is 0 Å². The lowest BCUT2D eigenvalue weighted by Gasteiger charge is -2.10. The summed E-state index contributed by atoms with van der Waals surface area (Å²) in [7, 11) is -3.78. The minimum atomic E-state index is -3.78. The summed E-state index contributed by atoms with van der Waals surface area (Å²) in [4.78, 5) is 11.5. The van der Waals surface area contributed by atoms with Crippen LogP contribution in [0.15, 0.2) is 77.7 Å². The second-order valence-corrected chi connectivity index (χ2v) is 7.88. The predicted molar refractivity (Wildman–Crippen MR) is 103 cm³/mol. The van der Waals surface area contributed by atoms with E-state index < -0.39 is 10.0 Å². The monoisotopic (exact) mass is 399 g/mol. The van der Waals surface area contributed by atoms with Crippen LogP contribution in [0.1, 0.15) is 22.8 Å². The molecule has 0 radical (unpaired) electrons. The van der Waals surface area contributed by atoms with Crippen molar-refractivity contribution in [3.63, 3.8) is 0 Å². The van der Waals surface area contributed by atoms with Gasteiger partial charge in [0, 0.05) is 12.1 Å². The van der Waals surface area contributed by atoms with Crippen LogP contribution in [-0.2, 0) is 16.6 Å². The Hall–Kier alpha value is -3.03. The molecule has 0 unspecified atom stereocenters. The molecule has 0 saturated heterocycles. The maximum absolute atomic E-state index is 13.0.